The van der Waals surface area contributed by atoms with Crippen LogP contribution in [0.4, 0.5) is 0 Å². The van der Waals surface area contributed by atoms with E-state index in [-0.39, 0.29) is 32.2 Å². The van der Waals surface area contributed by atoms with Crippen molar-refractivity contribution in [3.8, 4) is 11.5 Å². The number of aliphatic hydroxyl groups is 3. The zero-order valence-corrected chi connectivity index (χ0v) is 22.5. The van der Waals surface area contributed by atoms with Gasteiger partial charge in [-0.05, 0) is 48.8 Å². The number of benzene rings is 2. The first-order valence-electron chi connectivity index (χ1n) is 13.1. The number of ether oxygens (including phenoxy) is 2. The molecule has 1 aliphatic carbocycles. The minimum absolute atomic E-state index is 0.0414. The minimum Gasteiger partial charge on any atom is -0.493 e. The average molecular weight is 537 g/mol. The second kappa shape index (κ2) is 12.5. The van der Waals surface area contributed by atoms with Crippen LogP contribution in [0.5, 0.6) is 11.5 Å². The summed E-state index contributed by atoms with van der Waals surface area (Å²) in [6.45, 7) is 3.67. The lowest BCUT2D eigenvalue weighted by molar-refractivity contribution is -0.133. The summed E-state index contributed by atoms with van der Waals surface area (Å²) in [7, 11) is 1.48. The fourth-order valence-electron chi connectivity index (χ4n) is 5.15. The van der Waals surface area contributed by atoms with Crippen molar-refractivity contribution in [2.24, 2.45) is 0 Å². The number of hydrogen-bond donors (Lipinski definition) is 4. The van der Waals surface area contributed by atoms with Gasteiger partial charge < -0.3 is 35.0 Å². The summed E-state index contributed by atoms with van der Waals surface area (Å²) in [6.07, 6.45) is 3.45. The number of allylic oxidation sites excluding steroid dienone is 1. The van der Waals surface area contributed by atoms with E-state index in [1.165, 1.54) is 13.2 Å². The SMILES string of the molecule is CCC=CC(=O)N(Cc1ccc(C)cc1)[C@@H]1C=C(C(=O)NCCO)[C@@H]2c3cc(CO)cc(OC)c3O[C@@H]2[C@H]1O. The predicted molar refractivity (Wildman–Crippen MR) is 145 cm³/mol. The van der Waals surface area contributed by atoms with Gasteiger partial charge in [-0.3, -0.25) is 9.59 Å². The molecule has 39 heavy (non-hydrogen) atoms. The molecule has 9 heteroatoms. The maximum absolute atomic E-state index is 13.4. The second-order valence-electron chi connectivity index (χ2n) is 9.78. The van der Waals surface area contributed by atoms with Crippen LogP contribution in [0, 0.1) is 6.92 Å². The number of nitrogens with one attached hydrogen (secondary N) is 1. The van der Waals surface area contributed by atoms with Crippen molar-refractivity contribution in [2.45, 2.75) is 57.6 Å². The van der Waals surface area contributed by atoms with Crippen molar-refractivity contribution in [1.82, 2.24) is 10.2 Å². The van der Waals surface area contributed by atoms with Crippen molar-refractivity contribution >= 4 is 11.8 Å². The molecule has 4 rings (SSSR count). The lowest BCUT2D eigenvalue weighted by Crippen LogP contribution is -2.55. The summed E-state index contributed by atoms with van der Waals surface area (Å²) in [5, 5.41) is 33.5. The van der Waals surface area contributed by atoms with Crippen LogP contribution in [0.15, 0.2) is 60.2 Å². The van der Waals surface area contributed by atoms with Gasteiger partial charge in [0.25, 0.3) is 0 Å². The molecule has 2 aliphatic rings. The van der Waals surface area contributed by atoms with E-state index in [0.29, 0.717) is 34.6 Å². The molecule has 208 valence electrons. The molecule has 9 nitrogen and oxygen atoms in total. The monoisotopic (exact) mass is 536 g/mol. The Labute approximate surface area is 228 Å². The van der Waals surface area contributed by atoms with Crippen LogP contribution in [0.1, 0.15) is 41.5 Å². The van der Waals surface area contributed by atoms with Crippen molar-refractivity contribution in [1.29, 1.82) is 0 Å². The van der Waals surface area contributed by atoms with Gasteiger partial charge in [-0.2, -0.15) is 0 Å². The molecule has 0 spiro atoms. The van der Waals surface area contributed by atoms with Gasteiger partial charge in [-0.25, -0.2) is 0 Å². The van der Waals surface area contributed by atoms with Crippen LogP contribution in [0.25, 0.3) is 0 Å². The number of methoxy groups -OCH3 is 1. The van der Waals surface area contributed by atoms with E-state index in [0.717, 1.165) is 11.1 Å². The third-order valence-corrected chi connectivity index (χ3v) is 7.11. The lowest BCUT2D eigenvalue weighted by Gasteiger charge is -2.40. The maximum atomic E-state index is 13.4. The third-order valence-electron chi connectivity index (χ3n) is 7.11. The van der Waals surface area contributed by atoms with Crippen LogP contribution in [0.2, 0.25) is 0 Å². The Morgan fingerprint density at radius 3 is 2.54 bits per heavy atom. The number of aryl methyl sites for hydroxylation is 1. The predicted octanol–water partition coefficient (Wildman–Crippen LogP) is 2.11. The highest BCUT2D eigenvalue weighted by atomic mass is 16.5. The fraction of sp³-hybridized carbons (Fsp3) is 0.400. The van der Waals surface area contributed by atoms with E-state index in [4.69, 9.17) is 9.47 Å². The van der Waals surface area contributed by atoms with Gasteiger partial charge in [0.15, 0.2) is 11.5 Å². The van der Waals surface area contributed by atoms with Gasteiger partial charge >= 0.3 is 0 Å². The van der Waals surface area contributed by atoms with Crippen LogP contribution >= 0.6 is 0 Å². The Bertz CT molecular complexity index is 1250. The molecular formula is C30H36N2O7. The van der Waals surface area contributed by atoms with Gasteiger partial charge in [-0.1, -0.05) is 42.8 Å². The first kappa shape index (κ1) is 28.4. The molecule has 4 N–H and O–H groups in total. The molecule has 1 heterocycles. The number of nitrogens with zero attached hydrogens (tertiary/aromatic N) is 1. The molecule has 0 fully saturated rings. The summed E-state index contributed by atoms with van der Waals surface area (Å²) in [5.74, 6) is -0.654. The molecule has 0 unspecified atom stereocenters. The molecule has 0 bridgehead atoms. The van der Waals surface area contributed by atoms with E-state index in [1.54, 1.807) is 29.2 Å². The Kier molecular flexibility index (Phi) is 9.06. The zero-order valence-electron chi connectivity index (χ0n) is 22.5. The summed E-state index contributed by atoms with van der Waals surface area (Å²) >= 11 is 0. The van der Waals surface area contributed by atoms with Gasteiger partial charge in [0.05, 0.1) is 32.3 Å². The van der Waals surface area contributed by atoms with E-state index in [1.807, 2.05) is 38.1 Å². The number of rotatable bonds is 10. The normalized spacial score (nSPS) is 21.5. The highest BCUT2D eigenvalue weighted by Gasteiger charge is 2.51. The zero-order chi connectivity index (χ0) is 28.1. The molecule has 0 saturated heterocycles. The number of carbonyl (C=O) groups is 2. The highest BCUT2D eigenvalue weighted by molar-refractivity contribution is 5.96. The first-order chi connectivity index (χ1) is 18.8. The smallest absolute Gasteiger partial charge is 0.247 e. The molecule has 0 radical (unpaired) electrons. The molecule has 0 saturated carbocycles. The number of aliphatic hydroxyl groups excluding tert-OH is 3. The first-order valence-corrected chi connectivity index (χ1v) is 13.1. The lowest BCUT2D eigenvalue weighted by atomic mass is 9.77. The van der Waals surface area contributed by atoms with Crippen molar-refractivity contribution in [3.05, 3.63) is 82.5 Å². The standard InChI is InChI=1S/C30H36N2O7/c1-4-5-6-25(35)32(16-19-9-7-18(2)8-10-19)23-15-22(30(37)31-11-12-33)26-21-13-20(17-34)14-24(38-3)28(21)39-29(26)27(23)36/h5-10,13-15,23,26-27,29,33-34,36H,4,11-12,16-17H2,1-3H3,(H,31,37)/t23-,26+,27+,29+/m1/s1. The fourth-order valence-corrected chi connectivity index (χ4v) is 5.15. The Morgan fingerprint density at radius 1 is 1.15 bits per heavy atom. The maximum Gasteiger partial charge on any atom is 0.247 e. The van der Waals surface area contributed by atoms with Crippen molar-refractivity contribution in [2.75, 3.05) is 20.3 Å². The Balaban J connectivity index is 1.82. The molecule has 4 atom stereocenters. The Hall–Kier alpha value is -3.66. The van der Waals surface area contributed by atoms with E-state index in [9.17, 15) is 24.9 Å². The van der Waals surface area contributed by atoms with Crippen molar-refractivity contribution in [3.63, 3.8) is 0 Å². The molecule has 0 aromatic heterocycles. The van der Waals surface area contributed by atoms with E-state index in [2.05, 4.69) is 5.32 Å². The third kappa shape index (κ3) is 5.85. The topological polar surface area (TPSA) is 129 Å². The second-order valence-corrected chi connectivity index (χ2v) is 9.78. The molecular weight excluding hydrogens is 500 g/mol. The largest absolute Gasteiger partial charge is 0.493 e. The number of hydrogen-bond acceptors (Lipinski definition) is 7. The minimum atomic E-state index is -1.18. The number of carbonyl (C=O) groups excluding carboxylic acids is 2. The van der Waals surface area contributed by atoms with Gasteiger partial charge in [0.1, 0.15) is 12.2 Å². The van der Waals surface area contributed by atoms with Gasteiger partial charge in [0, 0.05) is 24.2 Å². The number of fused-ring (bicyclic) bond motifs is 3. The van der Waals surface area contributed by atoms with E-state index >= 15 is 0 Å². The molecule has 2 amide bonds. The van der Waals surface area contributed by atoms with Crippen LogP contribution < -0.4 is 14.8 Å². The van der Waals surface area contributed by atoms with Crippen LogP contribution in [-0.4, -0.2) is 70.5 Å². The number of amides is 2. The molecule has 1 aliphatic heterocycles. The summed E-state index contributed by atoms with van der Waals surface area (Å²) in [4.78, 5) is 28.4. The van der Waals surface area contributed by atoms with Gasteiger partial charge in [0.2, 0.25) is 11.8 Å². The van der Waals surface area contributed by atoms with Crippen molar-refractivity contribution < 1.29 is 34.4 Å². The van der Waals surface area contributed by atoms with Crippen LogP contribution in [-0.2, 0) is 22.7 Å². The summed E-state index contributed by atoms with van der Waals surface area (Å²) < 4.78 is 11.8. The molecule has 2 aromatic rings. The summed E-state index contributed by atoms with van der Waals surface area (Å²) in [6, 6.07) is 10.3. The quantitative estimate of drug-likeness (QED) is 0.343. The molecule has 2 aromatic carbocycles. The highest BCUT2D eigenvalue weighted by Crippen LogP contribution is 2.51. The van der Waals surface area contributed by atoms with Gasteiger partial charge in [-0.15, -0.1) is 0 Å². The Morgan fingerprint density at radius 2 is 1.90 bits per heavy atom. The van der Waals surface area contributed by atoms with E-state index < -0.39 is 30.1 Å². The van der Waals surface area contributed by atoms with Crippen LogP contribution in [0.3, 0.4) is 0 Å². The summed E-state index contributed by atoms with van der Waals surface area (Å²) in [5.41, 5.74) is 3.44. The average Bonchev–Trinajstić information content (AvgIpc) is 3.34.